The number of amides is 1. The van der Waals surface area contributed by atoms with Crippen molar-refractivity contribution in [2.45, 2.75) is 32.7 Å². The number of anilines is 3. The van der Waals surface area contributed by atoms with Gasteiger partial charge in [0.25, 0.3) is 16.8 Å². The van der Waals surface area contributed by atoms with Crippen LogP contribution in [0.3, 0.4) is 0 Å². The number of benzene rings is 1. The lowest BCUT2D eigenvalue weighted by Crippen LogP contribution is -2.42. The van der Waals surface area contributed by atoms with Crippen molar-refractivity contribution in [2.24, 2.45) is 0 Å². The minimum Gasteiger partial charge on any atom is -0.480 e. The van der Waals surface area contributed by atoms with Gasteiger partial charge in [0.1, 0.15) is 17.4 Å². The topological polar surface area (TPSA) is 142 Å². The molecule has 0 fully saturated rings. The fourth-order valence-corrected chi connectivity index (χ4v) is 3.98. The van der Waals surface area contributed by atoms with Gasteiger partial charge in [0, 0.05) is 25.5 Å². The van der Waals surface area contributed by atoms with Crippen molar-refractivity contribution in [1.29, 1.82) is 0 Å². The fraction of sp³-hybridized carbons (Fsp3) is 0.261. The Morgan fingerprint density at radius 1 is 1.03 bits per heavy atom. The van der Waals surface area contributed by atoms with Crippen LogP contribution in [-0.4, -0.2) is 35.4 Å². The van der Waals surface area contributed by atoms with Crippen LogP contribution in [0.1, 0.15) is 45.9 Å². The maximum Gasteiger partial charge on any atom is 0.326 e. The molecule has 1 aromatic heterocycles. The monoisotopic (exact) mass is 469 g/mol. The van der Waals surface area contributed by atoms with Gasteiger partial charge >= 0.3 is 5.97 Å². The summed E-state index contributed by atoms with van der Waals surface area (Å²) in [5.41, 5.74) is 0.0831. The highest BCUT2D eigenvalue weighted by Gasteiger charge is 2.26. The van der Waals surface area contributed by atoms with E-state index in [1.54, 1.807) is 35.7 Å². The summed E-state index contributed by atoms with van der Waals surface area (Å²) < 4.78 is 0. The van der Waals surface area contributed by atoms with Gasteiger partial charge in [-0.3, -0.25) is 19.2 Å². The van der Waals surface area contributed by atoms with E-state index in [1.807, 2.05) is 6.92 Å². The highest BCUT2D eigenvalue weighted by atomic mass is 32.1. The van der Waals surface area contributed by atoms with Gasteiger partial charge in [0.2, 0.25) is 0 Å². The zero-order chi connectivity index (χ0) is 24.1. The summed E-state index contributed by atoms with van der Waals surface area (Å²) in [6.45, 7) is 3.81. The number of carboxylic acid groups (broad SMARTS) is 1. The number of aliphatic carboxylic acids is 1. The molecular formula is C23H23N3O6S. The first-order chi connectivity index (χ1) is 15.7. The summed E-state index contributed by atoms with van der Waals surface area (Å²) in [6.07, 6.45) is 0.769. The third-order valence-electron chi connectivity index (χ3n) is 4.97. The number of Topliss-reactive ketones (excluding diaryl/α,β-unsaturated/α-hetero) is 1. The zero-order valence-electron chi connectivity index (χ0n) is 18.1. The summed E-state index contributed by atoms with van der Waals surface area (Å²) in [6, 6.07) is 6.85. The second-order valence-electron chi connectivity index (χ2n) is 7.44. The molecule has 3 rings (SSSR count). The van der Waals surface area contributed by atoms with Crippen LogP contribution < -0.4 is 26.8 Å². The molecule has 0 aliphatic heterocycles. The molecule has 3 aromatic rings. The van der Waals surface area contributed by atoms with Gasteiger partial charge in [-0.2, -0.15) is 0 Å². The molecule has 0 aliphatic carbocycles. The second-order valence-corrected chi connectivity index (χ2v) is 8.36. The molecule has 2 aromatic carbocycles. The number of ketones is 1. The summed E-state index contributed by atoms with van der Waals surface area (Å²) in [5.74, 6) is -1.72. The Bertz CT molecular complexity index is 1250. The van der Waals surface area contributed by atoms with E-state index in [1.165, 1.54) is 18.3 Å². The number of thiophene rings is 1. The molecular weight excluding hydrogens is 446 g/mol. The van der Waals surface area contributed by atoms with E-state index < -0.39 is 28.8 Å². The standard InChI is InChI=1S/C23H23N3O6S/c1-3-9-24-17-18(20(29)19(17)28)25-16(23(31)32)11-13-4-6-14(7-5-13)22(30)26-15-8-10-33-21(15)12(2)27/h4-8,10,16,24-25H,3,9,11H2,1-2H3,(H,26,30)(H,31,32)/t16-/m0/s1. The van der Waals surface area contributed by atoms with Crippen LogP contribution in [0.15, 0.2) is 45.3 Å². The molecule has 0 saturated carbocycles. The molecule has 172 valence electrons. The van der Waals surface area contributed by atoms with Crippen LogP contribution in [0, 0.1) is 0 Å². The Morgan fingerprint density at radius 3 is 2.30 bits per heavy atom. The number of hydrogen-bond donors (Lipinski definition) is 4. The van der Waals surface area contributed by atoms with Crippen molar-refractivity contribution in [1.82, 2.24) is 0 Å². The van der Waals surface area contributed by atoms with Crippen LogP contribution in [-0.2, 0) is 11.2 Å². The van der Waals surface area contributed by atoms with Crippen LogP contribution in [0.5, 0.6) is 0 Å². The first kappa shape index (κ1) is 23.9. The summed E-state index contributed by atoms with van der Waals surface area (Å²) in [4.78, 5) is 60.0. The predicted octanol–water partition coefficient (Wildman–Crippen LogP) is 2.73. The lowest BCUT2D eigenvalue weighted by atomic mass is 10.0. The van der Waals surface area contributed by atoms with E-state index in [0.717, 1.165) is 6.42 Å². The Kier molecular flexibility index (Phi) is 7.39. The van der Waals surface area contributed by atoms with Gasteiger partial charge < -0.3 is 21.1 Å². The van der Waals surface area contributed by atoms with Crippen molar-refractivity contribution < 1.29 is 19.5 Å². The second kappa shape index (κ2) is 10.2. The summed E-state index contributed by atoms with van der Waals surface area (Å²) in [7, 11) is 0. The number of hydrogen-bond acceptors (Lipinski definition) is 8. The van der Waals surface area contributed by atoms with Crippen molar-refractivity contribution in [3.05, 3.63) is 72.2 Å². The molecule has 33 heavy (non-hydrogen) atoms. The van der Waals surface area contributed by atoms with E-state index in [0.29, 0.717) is 28.2 Å². The maximum absolute atomic E-state index is 12.5. The average Bonchev–Trinajstić information content (AvgIpc) is 3.26. The number of nitrogens with one attached hydrogen (secondary N) is 3. The quantitative estimate of drug-likeness (QED) is 0.248. The third kappa shape index (κ3) is 5.35. The normalized spacial score (nSPS) is 11.7. The molecule has 0 unspecified atom stereocenters. The Hall–Kier alpha value is -3.79. The first-order valence-corrected chi connectivity index (χ1v) is 11.2. The first-order valence-electron chi connectivity index (χ1n) is 10.3. The van der Waals surface area contributed by atoms with Gasteiger partial charge in [-0.25, -0.2) is 4.79 Å². The van der Waals surface area contributed by atoms with Crippen LogP contribution in [0.4, 0.5) is 17.1 Å². The molecule has 0 saturated heterocycles. The van der Waals surface area contributed by atoms with Gasteiger partial charge in [0.15, 0.2) is 5.78 Å². The Labute approximate surface area is 193 Å². The van der Waals surface area contributed by atoms with Crippen LogP contribution in [0.25, 0.3) is 0 Å². The molecule has 0 bridgehead atoms. The highest BCUT2D eigenvalue weighted by Crippen LogP contribution is 2.23. The van der Waals surface area contributed by atoms with E-state index >= 15 is 0 Å². The molecule has 4 N–H and O–H groups in total. The molecule has 10 heteroatoms. The molecule has 1 heterocycles. The number of carbonyl (C=O) groups is 3. The van der Waals surface area contributed by atoms with Gasteiger partial charge in [-0.15, -0.1) is 11.3 Å². The minimum atomic E-state index is -1.18. The summed E-state index contributed by atoms with van der Waals surface area (Å²) >= 11 is 1.24. The molecule has 9 nitrogen and oxygen atoms in total. The predicted molar refractivity (Wildman–Crippen MR) is 128 cm³/mol. The van der Waals surface area contributed by atoms with Gasteiger partial charge in [-0.05, 0) is 35.6 Å². The fourth-order valence-electron chi connectivity index (χ4n) is 3.23. The molecule has 1 amide bonds. The van der Waals surface area contributed by atoms with E-state index in [4.69, 9.17) is 0 Å². The highest BCUT2D eigenvalue weighted by molar-refractivity contribution is 7.12. The van der Waals surface area contributed by atoms with E-state index in [2.05, 4.69) is 16.0 Å². The molecule has 0 aliphatic rings. The molecule has 0 spiro atoms. The van der Waals surface area contributed by atoms with Gasteiger partial charge in [0.05, 0.1) is 10.6 Å². The van der Waals surface area contributed by atoms with Crippen LogP contribution in [0.2, 0.25) is 0 Å². The molecule has 1 atom stereocenters. The smallest absolute Gasteiger partial charge is 0.326 e. The molecule has 0 radical (unpaired) electrons. The largest absolute Gasteiger partial charge is 0.480 e. The minimum absolute atomic E-state index is 0.0195. The van der Waals surface area contributed by atoms with E-state index in [9.17, 15) is 29.1 Å². The van der Waals surface area contributed by atoms with Crippen LogP contribution >= 0.6 is 11.3 Å². The van der Waals surface area contributed by atoms with E-state index in [-0.39, 0.29) is 23.6 Å². The third-order valence-corrected chi connectivity index (χ3v) is 5.98. The lowest BCUT2D eigenvalue weighted by Gasteiger charge is -2.19. The number of rotatable bonds is 11. The summed E-state index contributed by atoms with van der Waals surface area (Å²) in [5, 5.41) is 19.5. The SMILES string of the molecule is CCCNc1c(N[C@@H](Cc2ccc(C(=O)Nc3ccsc3C(C)=O)cc2)C(=O)O)c(=O)c1=O. The van der Waals surface area contributed by atoms with Crippen molar-refractivity contribution in [3.63, 3.8) is 0 Å². The lowest BCUT2D eigenvalue weighted by molar-refractivity contribution is -0.137. The average molecular weight is 470 g/mol. The Morgan fingerprint density at radius 2 is 1.70 bits per heavy atom. The number of carbonyl (C=O) groups excluding carboxylic acids is 2. The maximum atomic E-state index is 12.5. The number of carboxylic acids is 1. The van der Waals surface area contributed by atoms with Gasteiger partial charge in [-0.1, -0.05) is 19.1 Å². The van der Waals surface area contributed by atoms with Crippen molar-refractivity contribution in [2.75, 3.05) is 22.5 Å². The van der Waals surface area contributed by atoms with Crippen molar-refractivity contribution in [3.8, 4) is 0 Å². The van der Waals surface area contributed by atoms with Crippen molar-refractivity contribution >= 4 is 46.1 Å². The Balaban J connectivity index is 1.69. The zero-order valence-corrected chi connectivity index (χ0v) is 18.9.